The molecule has 4 nitrogen and oxygen atoms in total. The van der Waals surface area contributed by atoms with Gasteiger partial charge in [0.05, 0.1) is 5.92 Å². The molecule has 0 aromatic heterocycles. The Bertz CT molecular complexity index is 425. The van der Waals surface area contributed by atoms with Gasteiger partial charge in [-0.2, -0.15) is 0 Å². The molecule has 17 heavy (non-hydrogen) atoms. The molecule has 1 aliphatic heterocycles. The van der Waals surface area contributed by atoms with Gasteiger partial charge < -0.3 is 14.6 Å². The molecule has 0 fully saturated rings. The number of hydrogen-bond donors (Lipinski definition) is 1. The van der Waals surface area contributed by atoms with E-state index in [2.05, 4.69) is 0 Å². The Hall–Kier alpha value is -1.71. The molecule has 1 N–H and O–H groups in total. The van der Waals surface area contributed by atoms with Crippen LogP contribution < -0.4 is 9.47 Å². The Morgan fingerprint density at radius 1 is 1.24 bits per heavy atom. The first kappa shape index (κ1) is 11.8. The first-order valence-corrected chi connectivity index (χ1v) is 5.72. The minimum Gasteiger partial charge on any atom is -0.486 e. The Morgan fingerprint density at radius 2 is 1.88 bits per heavy atom. The van der Waals surface area contributed by atoms with Crippen LogP contribution in [0.2, 0.25) is 0 Å². The minimum absolute atomic E-state index is 0.0371. The summed E-state index contributed by atoms with van der Waals surface area (Å²) < 4.78 is 10.9. The number of aliphatic carboxylic acids is 1. The molecule has 1 heterocycles. The molecule has 1 aromatic carbocycles. The summed E-state index contributed by atoms with van der Waals surface area (Å²) in [5.74, 6) is 0.0473. The van der Waals surface area contributed by atoms with E-state index in [0.717, 1.165) is 5.56 Å². The number of fused-ring (bicyclic) bond motifs is 1. The molecule has 0 bridgehead atoms. The number of ether oxygens (including phenoxy) is 2. The molecule has 0 aliphatic carbocycles. The maximum absolute atomic E-state index is 11.2. The molecule has 1 atom stereocenters. The summed E-state index contributed by atoms with van der Waals surface area (Å²) in [5.41, 5.74) is 0.761. The molecule has 1 unspecified atom stereocenters. The van der Waals surface area contributed by atoms with Gasteiger partial charge in [-0.05, 0) is 23.6 Å². The zero-order chi connectivity index (χ0) is 12.4. The average Bonchev–Trinajstić information content (AvgIpc) is 2.28. The fourth-order valence-electron chi connectivity index (χ4n) is 2.07. The smallest absolute Gasteiger partial charge is 0.311 e. The third-order valence-electron chi connectivity index (χ3n) is 2.86. The van der Waals surface area contributed by atoms with Gasteiger partial charge in [0.15, 0.2) is 11.5 Å². The number of hydrogen-bond acceptors (Lipinski definition) is 3. The van der Waals surface area contributed by atoms with Crippen molar-refractivity contribution in [1.82, 2.24) is 0 Å². The minimum atomic E-state index is -0.809. The zero-order valence-electron chi connectivity index (χ0n) is 9.97. The summed E-state index contributed by atoms with van der Waals surface area (Å²) in [6, 6.07) is 5.35. The number of rotatable bonds is 3. The third kappa shape index (κ3) is 2.35. The second-order valence-electron chi connectivity index (χ2n) is 4.46. The van der Waals surface area contributed by atoms with Crippen LogP contribution in [0.5, 0.6) is 11.5 Å². The van der Waals surface area contributed by atoms with Crippen LogP contribution >= 0.6 is 0 Å². The van der Waals surface area contributed by atoms with Gasteiger partial charge in [0, 0.05) is 0 Å². The van der Waals surface area contributed by atoms with Crippen LogP contribution in [0.15, 0.2) is 18.2 Å². The van der Waals surface area contributed by atoms with Crippen LogP contribution in [0.25, 0.3) is 0 Å². The van der Waals surface area contributed by atoms with Gasteiger partial charge in [-0.1, -0.05) is 19.9 Å². The number of benzene rings is 1. The van der Waals surface area contributed by atoms with Crippen molar-refractivity contribution in [3.8, 4) is 11.5 Å². The van der Waals surface area contributed by atoms with Crippen molar-refractivity contribution in [3.05, 3.63) is 23.8 Å². The quantitative estimate of drug-likeness (QED) is 0.874. The second kappa shape index (κ2) is 4.65. The summed E-state index contributed by atoms with van der Waals surface area (Å²) in [4.78, 5) is 11.2. The van der Waals surface area contributed by atoms with E-state index in [-0.39, 0.29) is 5.92 Å². The van der Waals surface area contributed by atoms with Gasteiger partial charge in [-0.15, -0.1) is 0 Å². The largest absolute Gasteiger partial charge is 0.486 e. The lowest BCUT2D eigenvalue weighted by molar-refractivity contribution is -0.139. The molecular weight excluding hydrogens is 220 g/mol. The highest BCUT2D eigenvalue weighted by Crippen LogP contribution is 2.35. The molecule has 1 aliphatic rings. The molecule has 92 valence electrons. The second-order valence-corrected chi connectivity index (χ2v) is 4.46. The first-order valence-electron chi connectivity index (χ1n) is 5.72. The Morgan fingerprint density at radius 3 is 2.47 bits per heavy atom. The van der Waals surface area contributed by atoms with Crippen LogP contribution in [-0.4, -0.2) is 24.3 Å². The normalized spacial score (nSPS) is 15.7. The Balaban J connectivity index is 2.35. The van der Waals surface area contributed by atoms with E-state index < -0.39 is 11.9 Å². The lowest BCUT2D eigenvalue weighted by Crippen LogP contribution is -2.19. The van der Waals surface area contributed by atoms with Crippen molar-refractivity contribution in [1.29, 1.82) is 0 Å². The molecule has 0 saturated heterocycles. The van der Waals surface area contributed by atoms with Gasteiger partial charge in [-0.25, -0.2) is 0 Å². The topological polar surface area (TPSA) is 55.8 Å². The van der Waals surface area contributed by atoms with E-state index in [4.69, 9.17) is 9.47 Å². The van der Waals surface area contributed by atoms with Crippen LogP contribution in [0.3, 0.4) is 0 Å². The molecule has 0 radical (unpaired) electrons. The van der Waals surface area contributed by atoms with Crippen molar-refractivity contribution < 1.29 is 19.4 Å². The molecule has 4 heteroatoms. The number of carboxylic acid groups (broad SMARTS) is 1. The van der Waals surface area contributed by atoms with E-state index in [9.17, 15) is 9.90 Å². The van der Waals surface area contributed by atoms with E-state index in [1.54, 1.807) is 18.2 Å². The van der Waals surface area contributed by atoms with E-state index in [1.165, 1.54) is 0 Å². The number of carbonyl (C=O) groups is 1. The lowest BCUT2D eigenvalue weighted by atomic mass is 9.88. The van der Waals surface area contributed by atoms with E-state index >= 15 is 0 Å². The van der Waals surface area contributed by atoms with Crippen LogP contribution in [0.1, 0.15) is 25.3 Å². The van der Waals surface area contributed by atoms with Crippen LogP contribution in [0.4, 0.5) is 0 Å². The fraction of sp³-hybridized carbons (Fsp3) is 0.462. The zero-order valence-corrected chi connectivity index (χ0v) is 9.97. The Labute approximate surface area is 100 Å². The molecule has 2 rings (SSSR count). The van der Waals surface area contributed by atoms with Crippen molar-refractivity contribution in [2.75, 3.05) is 13.2 Å². The maximum Gasteiger partial charge on any atom is 0.311 e. The first-order chi connectivity index (χ1) is 8.09. The summed E-state index contributed by atoms with van der Waals surface area (Å²) in [7, 11) is 0. The highest BCUT2D eigenvalue weighted by atomic mass is 16.6. The summed E-state index contributed by atoms with van der Waals surface area (Å²) in [6.45, 7) is 4.85. The monoisotopic (exact) mass is 236 g/mol. The average molecular weight is 236 g/mol. The highest BCUT2D eigenvalue weighted by molar-refractivity contribution is 5.76. The molecular formula is C13H16O4. The van der Waals surface area contributed by atoms with E-state index in [1.807, 2.05) is 13.8 Å². The number of carboxylic acids is 1. The molecule has 0 spiro atoms. The Kier molecular flexibility index (Phi) is 3.22. The molecule has 0 saturated carbocycles. The van der Waals surface area contributed by atoms with Gasteiger partial charge in [0.2, 0.25) is 0 Å². The maximum atomic E-state index is 11.2. The van der Waals surface area contributed by atoms with Crippen molar-refractivity contribution in [2.45, 2.75) is 19.8 Å². The summed E-state index contributed by atoms with van der Waals surface area (Å²) in [6.07, 6.45) is 0. The molecule has 0 amide bonds. The van der Waals surface area contributed by atoms with E-state index in [0.29, 0.717) is 24.7 Å². The van der Waals surface area contributed by atoms with Crippen LogP contribution in [0, 0.1) is 5.92 Å². The van der Waals surface area contributed by atoms with Crippen LogP contribution in [-0.2, 0) is 4.79 Å². The predicted molar refractivity (Wildman–Crippen MR) is 62.6 cm³/mol. The van der Waals surface area contributed by atoms with Crippen molar-refractivity contribution >= 4 is 5.97 Å². The van der Waals surface area contributed by atoms with Gasteiger partial charge in [0.1, 0.15) is 13.2 Å². The summed E-state index contributed by atoms with van der Waals surface area (Å²) in [5, 5.41) is 9.23. The fourth-order valence-corrected chi connectivity index (χ4v) is 2.07. The van der Waals surface area contributed by atoms with Gasteiger partial charge in [0.25, 0.3) is 0 Å². The van der Waals surface area contributed by atoms with Gasteiger partial charge >= 0.3 is 5.97 Å². The lowest BCUT2D eigenvalue weighted by Gasteiger charge is -2.22. The highest BCUT2D eigenvalue weighted by Gasteiger charge is 2.25. The predicted octanol–water partition coefficient (Wildman–Crippen LogP) is 2.28. The van der Waals surface area contributed by atoms with Crippen molar-refractivity contribution in [2.24, 2.45) is 5.92 Å². The van der Waals surface area contributed by atoms with Crippen molar-refractivity contribution in [3.63, 3.8) is 0 Å². The standard InChI is InChI=1S/C13H16O4/c1-8(2)12(13(14)15)9-3-4-10-11(7-9)17-6-5-16-10/h3-4,7-8,12H,5-6H2,1-2H3,(H,14,15). The summed E-state index contributed by atoms with van der Waals surface area (Å²) >= 11 is 0. The third-order valence-corrected chi connectivity index (χ3v) is 2.86. The molecule has 1 aromatic rings. The van der Waals surface area contributed by atoms with Gasteiger partial charge in [-0.3, -0.25) is 4.79 Å². The SMILES string of the molecule is CC(C)C(C(=O)O)c1ccc2c(c1)OCCO2.